The molecule has 0 heterocycles. The van der Waals surface area contributed by atoms with Crippen LogP contribution in [0.5, 0.6) is 0 Å². The number of hydrogen-bond donors (Lipinski definition) is 1. The third-order valence-electron chi connectivity index (χ3n) is 7.28. The highest BCUT2D eigenvalue weighted by Gasteiger charge is 2.34. The third kappa shape index (κ3) is 8.93. The lowest BCUT2D eigenvalue weighted by atomic mass is 10.0. The minimum atomic E-state index is -4.24. The molecule has 0 saturated carbocycles. The van der Waals surface area contributed by atoms with Gasteiger partial charge < -0.3 is 10.2 Å². The van der Waals surface area contributed by atoms with Gasteiger partial charge in [0.05, 0.1) is 10.6 Å². The molecule has 0 aromatic heterocycles. The molecule has 236 valence electrons. The Kier molecular flexibility index (Phi) is 11.4. The second-order valence-electron chi connectivity index (χ2n) is 11.3. The van der Waals surface area contributed by atoms with Crippen molar-refractivity contribution >= 4 is 39.1 Å². The van der Waals surface area contributed by atoms with Crippen LogP contribution in [0.2, 0.25) is 5.02 Å². The topological polar surface area (TPSA) is 86.8 Å². The van der Waals surface area contributed by atoms with Gasteiger partial charge in [0.25, 0.3) is 10.0 Å². The molecule has 4 aromatic rings. The number of sulfonamides is 1. The Bertz CT molecular complexity index is 1700. The van der Waals surface area contributed by atoms with Gasteiger partial charge in [-0.15, -0.1) is 0 Å². The van der Waals surface area contributed by atoms with Crippen molar-refractivity contribution in [1.82, 2.24) is 10.2 Å². The van der Waals surface area contributed by atoms with Crippen molar-refractivity contribution in [2.24, 2.45) is 5.92 Å². The smallest absolute Gasteiger partial charge is 0.264 e. The van der Waals surface area contributed by atoms with Crippen LogP contribution < -0.4 is 9.62 Å². The molecule has 0 aliphatic carbocycles. The maximum absolute atomic E-state index is 14.4. The molecule has 4 aromatic carbocycles. The Hall–Kier alpha value is -4.21. The van der Waals surface area contributed by atoms with E-state index in [2.05, 4.69) is 5.32 Å². The van der Waals surface area contributed by atoms with Gasteiger partial charge in [-0.05, 0) is 65.9 Å². The van der Waals surface area contributed by atoms with Crippen molar-refractivity contribution in [3.05, 3.63) is 131 Å². The SMILES string of the molecule is Cc1ccc(N(CC(=O)N(Cc2ccc(F)cc2)C(Cc2ccccc2)C(=O)NCC(C)C)S(=O)(=O)c2ccccc2)cc1Cl. The van der Waals surface area contributed by atoms with Gasteiger partial charge in [-0.1, -0.05) is 92.2 Å². The van der Waals surface area contributed by atoms with E-state index in [1.54, 1.807) is 49.4 Å². The Labute approximate surface area is 269 Å². The van der Waals surface area contributed by atoms with E-state index in [4.69, 9.17) is 11.6 Å². The average molecular weight is 650 g/mol. The van der Waals surface area contributed by atoms with Crippen LogP contribution in [0.4, 0.5) is 10.1 Å². The highest BCUT2D eigenvalue weighted by Crippen LogP contribution is 2.29. The van der Waals surface area contributed by atoms with Gasteiger partial charge in [-0.25, -0.2) is 12.8 Å². The predicted octanol–water partition coefficient (Wildman–Crippen LogP) is 6.40. The first-order chi connectivity index (χ1) is 21.5. The second kappa shape index (κ2) is 15.2. The van der Waals surface area contributed by atoms with E-state index < -0.39 is 34.3 Å². The summed E-state index contributed by atoms with van der Waals surface area (Å²) in [5.74, 6) is -1.27. The van der Waals surface area contributed by atoms with Gasteiger partial charge in [0.15, 0.2) is 0 Å². The number of amides is 2. The molecule has 0 bridgehead atoms. The van der Waals surface area contributed by atoms with Crippen molar-refractivity contribution in [1.29, 1.82) is 0 Å². The molecule has 45 heavy (non-hydrogen) atoms. The van der Waals surface area contributed by atoms with Crippen LogP contribution in [-0.2, 0) is 32.6 Å². The fraction of sp³-hybridized carbons (Fsp3) is 0.257. The summed E-state index contributed by atoms with van der Waals surface area (Å²) in [5.41, 5.74) is 2.34. The molecule has 7 nitrogen and oxygen atoms in total. The lowest BCUT2D eigenvalue weighted by Crippen LogP contribution is -2.53. The van der Waals surface area contributed by atoms with E-state index >= 15 is 0 Å². The summed E-state index contributed by atoms with van der Waals surface area (Å²) in [6.45, 7) is 5.45. The number of carbonyl (C=O) groups excluding carboxylic acids is 2. The molecule has 2 amide bonds. The summed E-state index contributed by atoms with van der Waals surface area (Å²) in [4.78, 5) is 29.6. The molecule has 1 unspecified atom stereocenters. The van der Waals surface area contributed by atoms with Crippen molar-refractivity contribution in [2.75, 3.05) is 17.4 Å². The Morgan fingerprint density at radius 2 is 1.49 bits per heavy atom. The third-order valence-corrected chi connectivity index (χ3v) is 9.47. The van der Waals surface area contributed by atoms with Crippen LogP contribution in [0.25, 0.3) is 0 Å². The summed E-state index contributed by atoms with van der Waals surface area (Å²) in [5, 5.41) is 3.28. The number of nitrogens with one attached hydrogen (secondary N) is 1. The molecule has 1 N–H and O–H groups in total. The molecule has 0 aliphatic heterocycles. The summed E-state index contributed by atoms with van der Waals surface area (Å²) in [7, 11) is -4.24. The molecule has 4 rings (SSSR count). The number of nitrogens with zero attached hydrogens (tertiary/aromatic N) is 2. The fourth-order valence-electron chi connectivity index (χ4n) is 4.75. The summed E-state index contributed by atoms with van der Waals surface area (Å²) in [6.07, 6.45) is 0.180. The van der Waals surface area contributed by atoms with Gasteiger partial charge in [0.2, 0.25) is 11.8 Å². The zero-order valence-electron chi connectivity index (χ0n) is 25.5. The second-order valence-corrected chi connectivity index (χ2v) is 13.5. The summed E-state index contributed by atoms with van der Waals surface area (Å²) >= 11 is 6.42. The van der Waals surface area contributed by atoms with Gasteiger partial charge in [0, 0.05) is 24.5 Å². The standard InChI is InChI=1S/C35H37ClFN3O4S/c1-25(2)22-38-35(42)33(20-27-10-6-4-7-11-27)39(23-28-15-17-29(37)18-16-28)34(41)24-40(30-19-14-26(3)32(36)21-30)45(43,44)31-12-8-5-9-13-31/h4-19,21,25,33H,20,22-24H2,1-3H3,(H,38,42). The first kappa shape index (κ1) is 33.7. The van der Waals surface area contributed by atoms with Gasteiger partial charge in [0.1, 0.15) is 18.4 Å². The van der Waals surface area contributed by atoms with Crippen molar-refractivity contribution in [2.45, 2.75) is 44.7 Å². The largest absolute Gasteiger partial charge is 0.354 e. The van der Waals surface area contributed by atoms with Crippen LogP contribution in [0.15, 0.2) is 108 Å². The number of aryl methyl sites for hydroxylation is 1. The minimum absolute atomic E-state index is 0.00454. The van der Waals surface area contributed by atoms with Crippen LogP contribution in [0, 0.1) is 18.7 Å². The van der Waals surface area contributed by atoms with E-state index in [0.29, 0.717) is 17.1 Å². The summed E-state index contributed by atoms with van der Waals surface area (Å²) in [6, 6.07) is 26.5. The quantitative estimate of drug-likeness (QED) is 0.182. The van der Waals surface area contributed by atoms with Crippen LogP contribution in [-0.4, -0.2) is 44.3 Å². The van der Waals surface area contributed by atoms with Gasteiger partial charge in [-0.2, -0.15) is 0 Å². The minimum Gasteiger partial charge on any atom is -0.354 e. The zero-order chi connectivity index (χ0) is 32.6. The number of hydrogen-bond acceptors (Lipinski definition) is 4. The van der Waals surface area contributed by atoms with E-state index in [1.165, 1.54) is 35.2 Å². The Balaban J connectivity index is 1.80. The molecule has 0 spiro atoms. The highest BCUT2D eigenvalue weighted by molar-refractivity contribution is 7.92. The normalized spacial score (nSPS) is 12.0. The van der Waals surface area contributed by atoms with Crippen LogP contribution in [0.3, 0.4) is 0 Å². The Morgan fingerprint density at radius 1 is 0.867 bits per heavy atom. The molecule has 0 saturated heterocycles. The fourth-order valence-corrected chi connectivity index (χ4v) is 6.35. The van der Waals surface area contributed by atoms with E-state index in [0.717, 1.165) is 15.4 Å². The van der Waals surface area contributed by atoms with E-state index in [-0.39, 0.29) is 35.4 Å². The van der Waals surface area contributed by atoms with Crippen molar-refractivity contribution < 1.29 is 22.4 Å². The first-order valence-corrected chi connectivity index (χ1v) is 16.5. The predicted molar refractivity (Wildman–Crippen MR) is 176 cm³/mol. The molecule has 10 heteroatoms. The molecule has 0 fully saturated rings. The van der Waals surface area contributed by atoms with Crippen molar-refractivity contribution in [3.63, 3.8) is 0 Å². The average Bonchev–Trinajstić information content (AvgIpc) is 3.03. The number of benzene rings is 4. The first-order valence-electron chi connectivity index (χ1n) is 14.6. The number of anilines is 1. The summed E-state index contributed by atoms with van der Waals surface area (Å²) < 4.78 is 42.9. The molecular weight excluding hydrogens is 613 g/mol. The maximum atomic E-state index is 14.4. The molecule has 0 radical (unpaired) electrons. The highest BCUT2D eigenvalue weighted by atomic mass is 35.5. The van der Waals surface area contributed by atoms with Gasteiger partial charge in [-0.3, -0.25) is 13.9 Å². The number of rotatable bonds is 13. The maximum Gasteiger partial charge on any atom is 0.264 e. The lowest BCUT2D eigenvalue weighted by Gasteiger charge is -2.34. The van der Waals surface area contributed by atoms with Crippen molar-refractivity contribution in [3.8, 4) is 0 Å². The van der Waals surface area contributed by atoms with E-state index in [1.807, 2.05) is 44.2 Å². The zero-order valence-corrected chi connectivity index (χ0v) is 27.1. The van der Waals surface area contributed by atoms with E-state index in [9.17, 15) is 22.4 Å². The van der Waals surface area contributed by atoms with Crippen LogP contribution in [0.1, 0.15) is 30.5 Å². The van der Waals surface area contributed by atoms with Crippen LogP contribution >= 0.6 is 11.6 Å². The molecule has 1 atom stereocenters. The molecular formula is C35H37ClFN3O4S. The number of halogens is 2. The van der Waals surface area contributed by atoms with Gasteiger partial charge >= 0.3 is 0 Å². The number of carbonyl (C=O) groups is 2. The monoisotopic (exact) mass is 649 g/mol. The Morgan fingerprint density at radius 3 is 2.09 bits per heavy atom. The molecule has 0 aliphatic rings. The lowest BCUT2D eigenvalue weighted by molar-refractivity contribution is -0.140.